The quantitative estimate of drug-likeness (QED) is 0.740. The maximum atomic E-state index is 12.5. The lowest BCUT2D eigenvalue weighted by Crippen LogP contribution is -2.35. The highest BCUT2D eigenvalue weighted by Gasteiger charge is 2.17. The molecule has 1 saturated heterocycles. The summed E-state index contributed by atoms with van der Waals surface area (Å²) in [5.41, 5.74) is 3.15. The largest absolute Gasteiger partial charge is 0.352 e. The van der Waals surface area contributed by atoms with Gasteiger partial charge in [0.25, 0.3) is 11.8 Å². The van der Waals surface area contributed by atoms with E-state index in [9.17, 15) is 14.4 Å². The van der Waals surface area contributed by atoms with Crippen molar-refractivity contribution in [2.75, 3.05) is 19.6 Å². The SMILES string of the molecule is Cc1ccccc1C(=O)NCCC(=O)NCc1ccc(C(=O)N2CCCCC2)cc1. The molecule has 0 unspecified atom stereocenters. The Kier molecular flexibility index (Phi) is 7.60. The number of amides is 3. The summed E-state index contributed by atoms with van der Waals surface area (Å²) in [6.07, 6.45) is 3.55. The van der Waals surface area contributed by atoms with Gasteiger partial charge in [-0.1, -0.05) is 30.3 Å². The van der Waals surface area contributed by atoms with Gasteiger partial charge in [-0.25, -0.2) is 0 Å². The van der Waals surface area contributed by atoms with E-state index in [1.807, 2.05) is 54.3 Å². The molecule has 2 N–H and O–H groups in total. The Morgan fingerprint density at radius 2 is 1.60 bits per heavy atom. The second-order valence-electron chi connectivity index (χ2n) is 7.65. The smallest absolute Gasteiger partial charge is 0.253 e. The van der Waals surface area contributed by atoms with Gasteiger partial charge in [-0.3, -0.25) is 14.4 Å². The van der Waals surface area contributed by atoms with Crippen LogP contribution in [-0.2, 0) is 11.3 Å². The molecule has 0 spiro atoms. The summed E-state index contributed by atoms with van der Waals surface area (Å²) in [6.45, 7) is 4.21. The number of carbonyl (C=O) groups excluding carboxylic acids is 3. The molecule has 30 heavy (non-hydrogen) atoms. The van der Waals surface area contributed by atoms with Crippen LogP contribution in [0.2, 0.25) is 0 Å². The van der Waals surface area contributed by atoms with Crippen molar-refractivity contribution < 1.29 is 14.4 Å². The Morgan fingerprint density at radius 3 is 2.30 bits per heavy atom. The molecule has 1 aliphatic heterocycles. The standard InChI is InChI=1S/C24H29N3O3/c1-18-7-3-4-8-21(18)23(29)25-14-13-22(28)26-17-19-9-11-20(12-10-19)24(30)27-15-5-2-6-16-27/h3-4,7-12H,2,5-6,13-17H2,1H3,(H,25,29)(H,26,28). The lowest BCUT2D eigenvalue weighted by atomic mass is 10.1. The first-order valence-electron chi connectivity index (χ1n) is 10.5. The third-order valence-corrected chi connectivity index (χ3v) is 5.36. The molecule has 0 saturated carbocycles. The van der Waals surface area contributed by atoms with E-state index < -0.39 is 0 Å². The van der Waals surface area contributed by atoms with E-state index in [1.54, 1.807) is 6.07 Å². The van der Waals surface area contributed by atoms with E-state index in [2.05, 4.69) is 10.6 Å². The second-order valence-corrected chi connectivity index (χ2v) is 7.65. The van der Waals surface area contributed by atoms with Gasteiger partial charge in [0.2, 0.25) is 5.91 Å². The van der Waals surface area contributed by atoms with E-state index in [-0.39, 0.29) is 30.7 Å². The molecular weight excluding hydrogens is 378 g/mol. The summed E-state index contributed by atoms with van der Waals surface area (Å²) in [7, 11) is 0. The first-order chi connectivity index (χ1) is 14.5. The average Bonchev–Trinajstić information content (AvgIpc) is 2.78. The van der Waals surface area contributed by atoms with Crippen LogP contribution in [0.5, 0.6) is 0 Å². The summed E-state index contributed by atoms with van der Waals surface area (Å²) < 4.78 is 0. The molecule has 0 aliphatic carbocycles. The van der Waals surface area contributed by atoms with Crippen molar-refractivity contribution in [3.05, 3.63) is 70.8 Å². The van der Waals surface area contributed by atoms with Crippen LogP contribution in [0.15, 0.2) is 48.5 Å². The molecule has 0 atom stereocenters. The van der Waals surface area contributed by atoms with Crippen LogP contribution in [0.3, 0.4) is 0 Å². The van der Waals surface area contributed by atoms with Crippen LogP contribution in [0.25, 0.3) is 0 Å². The zero-order valence-electron chi connectivity index (χ0n) is 17.4. The summed E-state index contributed by atoms with van der Waals surface area (Å²) in [5, 5.41) is 5.63. The van der Waals surface area contributed by atoms with Gasteiger partial charge in [0, 0.05) is 43.7 Å². The fraction of sp³-hybridized carbons (Fsp3) is 0.375. The predicted octanol–water partition coefficient (Wildman–Crippen LogP) is 3.06. The summed E-state index contributed by atoms with van der Waals surface area (Å²) >= 11 is 0. The van der Waals surface area contributed by atoms with E-state index in [0.29, 0.717) is 17.7 Å². The van der Waals surface area contributed by atoms with Gasteiger partial charge >= 0.3 is 0 Å². The summed E-state index contributed by atoms with van der Waals surface area (Å²) in [6, 6.07) is 14.7. The van der Waals surface area contributed by atoms with Crippen molar-refractivity contribution in [1.82, 2.24) is 15.5 Å². The molecular formula is C24H29N3O3. The Balaban J connectivity index is 1.39. The van der Waals surface area contributed by atoms with Gasteiger partial charge in [0.15, 0.2) is 0 Å². The number of carbonyl (C=O) groups is 3. The van der Waals surface area contributed by atoms with Crippen molar-refractivity contribution in [1.29, 1.82) is 0 Å². The number of likely N-dealkylation sites (tertiary alicyclic amines) is 1. The minimum absolute atomic E-state index is 0.0784. The van der Waals surface area contributed by atoms with Crippen molar-refractivity contribution in [2.45, 2.75) is 39.2 Å². The predicted molar refractivity (Wildman–Crippen MR) is 116 cm³/mol. The Hall–Kier alpha value is -3.15. The third-order valence-electron chi connectivity index (χ3n) is 5.36. The molecule has 6 nitrogen and oxygen atoms in total. The van der Waals surface area contributed by atoms with Crippen molar-refractivity contribution >= 4 is 17.7 Å². The number of hydrogen-bond donors (Lipinski definition) is 2. The number of piperidine rings is 1. The van der Waals surface area contributed by atoms with E-state index in [4.69, 9.17) is 0 Å². The van der Waals surface area contributed by atoms with Crippen LogP contribution >= 0.6 is 0 Å². The summed E-state index contributed by atoms with van der Waals surface area (Å²) in [5.74, 6) is -0.224. The zero-order chi connectivity index (χ0) is 21.3. The van der Waals surface area contributed by atoms with Crippen molar-refractivity contribution in [2.24, 2.45) is 0 Å². The molecule has 1 heterocycles. The number of nitrogens with zero attached hydrogens (tertiary/aromatic N) is 1. The van der Waals surface area contributed by atoms with Gasteiger partial charge in [0.05, 0.1) is 0 Å². The maximum Gasteiger partial charge on any atom is 0.253 e. The zero-order valence-corrected chi connectivity index (χ0v) is 17.4. The maximum absolute atomic E-state index is 12.5. The number of benzene rings is 2. The molecule has 0 radical (unpaired) electrons. The Bertz CT molecular complexity index is 887. The lowest BCUT2D eigenvalue weighted by molar-refractivity contribution is -0.121. The van der Waals surface area contributed by atoms with Gasteiger partial charge in [-0.15, -0.1) is 0 Å². The first kappa shape index (κ1) is 21.6. The Labute approximate surface area is 177 Å². The number of nitrogens with one attached hydrogen (secondary N) is 2. The topological polar surface area (TPSA) is 78.5 Å². The second kappa shape index (κ2) is 10.6. The molecule has 3 rings (SSSR count). The van der Waals surface area contributed by atoms with E-state index in [0.717, 1.165) is 37.1 Å². The fourth-order valence-corrected chi connectivity index (χ4v) is 3.55. The van der Waals surface area contributed by atoms with Crippen LogP contribution < -0.4 is 10.6 Å². The van der Waals surface area contributed by atoms with E-state index in [1.165, 1.54) is 6.42 Å². The molecule has 0 aromatic heterocycles. The van der Waals surface area contributed by atoms with Crippen LogP contribution in [-0.4, -0.2) is 42.3 Å². The van der Waals surface area contributed by atoms with Crippen molar-refractivity contribution in [3.63, 3.8) is 0 Å². The Morgan fingerprint density at radius 1 is 0.900 bits per heavy atom. The number of hydrogen-bond acceptors (Lipinski definition) is 3. The highest BCUT2D eigenvalue weighted by molar-refractivity contribution is 5.96. The van der Waals surface area contributed by atoms with E-state index >= 15 is 0 Å². The third kappa shape index (κ3) is 5.92. The molecule has 1 aliphatic rings. The fourth-order valence-electron chi connectivity index (χ4n) is 3.55. The highest BCUT2D eigenvalue weighted by atomic mass is 16.2. The molecule has 1 fully saturated rings. The van der Waals surface area contributed by atoms with Crippen molar-refractivity contribution in [3.8, 4) is 0 Å². The minimum atomic E-state index is -0.171. The van der Waals surface area contributed by atoms with Gasteiger partial charge in [-0.05, 0) is 55.5 Å². The molecule has 2 aromatic carbocycles. The molecule has 0 bridgehead atoms. The molecule has 6 heteroatoms. The lowest BCUT2D eigenvalue weighted by Gasteiger charge is -2.26. The number of rotatable bonds is 7. The average molecular weight is 408 g/mol. The minimum Gasteiger partial charge on any atom is -0.352 e. The van der Waals surface area contributed by atoms with Crippen LogP contribution in [0, 0.1) is 6.92 Å². The molecule has 3 amide bonds. The number of aryl methyl sites for hydroxylation is 1. The monoisotopic (exact) mass is 407 g/mol. The molecule has 2 aromatic rings. The van der Waals surface area contributed by atoms with Crippen LogP contribution in [0.4, 0.5) is 0 Å². The van der Waals surface area contributed by atoms with Gasteiger partial charge in [0.1, 0.15) is 0 Å². The summed E-state index contributed by atoms with van der Waals surface area (Å²) in [4.78, 5) is 38.6. The normalized spacial score (nSPS) is 13.6. The van der Waals surface area contributed by atoms with Crippen LogP contribution in [0.1, 0.15) is 57.5 Å². The first-order valence-corrected chi connectivity index (χ1v) is 10.5. The van der Waals surface area contributed by atoms with Gasteiger partial charge in [-0.2, -0.15) is 0 Å². The van der Waals surface area contributed by atoms with Gasteiger partial charge < -0.3 is 15.5 Å². The molecule has 158 valence electrons. The highest BCUT2D eigenvalue weighted by Crippen LogP contribution is 2.14.